The van der Waals surface area contributed by atoms with E-state index < -0.39 is 0 Å². The number of nitrogens with two attached hydrogens (primary N) is 1. The quantitative estimate of drug-likeness (QED) is 0.702. The lowest BCUT2D eigenvalue weighted by atomic mass is 9.94. The predicted octanol–water partition coefficient (Wildman–Crippen LogP) is -0.193. The molecule has 0 aromatic heterocycles. The molecule has 0 radical (unpaired) electrons. The van der Waals surface area contributed by atoms with Crippen LogP contribution in [0.2, 0.25) is 0 Å². The first kappa shape index (κ1) is 14.4. The number of piperidine rings is 1. The molecule has 0 aliphatic carbocycles. The standard InChI is InChI=1S/C12H25N3O2/c1-9-4-5-15(8-11(9)17-3)10(7-13)6-12(16)14-2/h9-11H,4-8,13H2,1-3H3,(H,14,16). The van der Waals surface area contributed by atoms with E-state index in [1.54, 1.807) is 14.2 Å². The lowest BCUT2D eigenvalue weighted by molar-refractivity contribution is -0.122. The van der Waals surface area contributed by atoms with Crippen molar-refractivity contribution in [3.05, 3.63) is 0 Å². The van der Waals surface area contributed by atoms with E-state index >= 15 is 0 Å². The van der Waals surface area contributed by atoms with Gasteiger partial charge in [0.25, 0.3) is 0 Å². The highest BCUT2D eigenvalue weighted by Gasteiger charge is 2.30. The number of nitrogens with one attached hydrogen (secondary N) is 1. The number of ether oxygens (including phenoxy) is 1. The Labute approximate surface area is 104 Å². The van der Waals surface area contributed by atoms with Gasteiger partial charge in [-0.3, -0.25) is 9.69 Å². The van der Waals surface area contributed by atoms with Crippen LogP contribution >= 0.6 is 0 Å². The minimum atomic E-state index is 0.0491. The van der Waals surface area contributed by atoms with Crippen LogP contribution in [0.4, 0.5) is 0 Å². The van der Waals surface area contributed by atoms with E-state index in [0.717, 1.165) is 19.5 Å². The SMILES string of the molecule is CNC(=O)CC(CN)N1CCC(C)C(OC)C1. The molecular formula is C12H25N3O2. The van der Waals surface area contributed by atoms with Crippen LogP contribution in [0.3, 0.4) is 0 Å². The molecule has 17 heavy (non-hydrogen) atoms. The lowest BCUT2D eigenvalue weighted by Gasteiger charge is -2.40. The minimum Gasteiger partial charge on any atom is -0.380 e. The predicted molar refractivity (Wildman–Crippen MR) is 67.7 cm³/mol. The Morgan fingerprint density at radius 3 is 2.88 bits per heavy atom. The van der Waals surface area contributed by atoms with Gasteiger partial charge in [0.1, 0.15) is 0 Å². The molecule has 1 fully saturated rings. The zero-order chi connectivity index (χ0) is 12.8. The number of likely N-dealkylation sites (tertiary alicyclic amines) is 1. The fraction of sp³-hybridized carbons (Fsp3) is 0.917. The van der Waals surface area contributed by atoms with E-state index in [1.807, 2.05) is 0 Å². The number of carbonyl (C=O) groups is 1. The Hall–Kier alpha value is -0.650. The van der Waals surface area contributed by atoms with E-state index in [2.05, 4.69) is 17.1 Å². The summed E-state index contributed by atoms with van der Waals surface area (Å²) >= 11 is 0. The number of nitrogens with zero attached hydrogens (tertiary/aromatic N) is 1. The summed E-state index contributed by atoms with van der Waals surface area (Å²) in [6.45, 7) is 4.59. The Bertz CT molecular complexity index is 248. The molecule has 3 atom stereocenters. The van der Waals surface area contributed by atoms with Crippen LogP contribution < -0.4 is 11.1 Å². The summed E-state index contributed by atoms with van der Waals surface area (Å²) in [5, 5.41) is 2.65. The first-order valence-electron chi connectivity index (χ1n) is 6.29. The minimum absolute atomic E-state index is 0.0491. The van der Waals surface area contributed by atoms with Gasteiger partial charge in [0, 0.05) is 39.7 Å². The van der Waals surface area contributed by atoms with E-state index in [9.17, 15) is 4.79 Å². The summed E-state index contributed by atoms with van der Waals surface area (Å²) in [5.41, 5.74) is 5.77. The average molecular weight is 243 g/mol. The number of hydrogen-bond donors (Lipinski definition) is 2. The van der Waals surface area contributed by atoms with Gasteiger partial charge in [-0.15, -0.1) is 0 Å². The molecule has 0 saturated carbocycles. The summed E-state index contributed by atoms with van der Waals surface area (Å²) in [6, 6.07) is 0.125. The molecule has 3 N–H and O–H groups in total. The van der Waals surface area contributed by atoms with Gasteiger partial charge >= 0.3 is 0 Å². The van der Waals surface area contributed by atoms with Crippen LogP contribution in [-0.4, -0.2) is 56.7 Å². The number of amides is 1. The molecule has 0 bridgehead atoms. The van der Waals surface area contributed by atoms with Gasteiger partial charge in [0.15, 0.2) is 0 Å². The smallest absolute Gasteiger partial charge is 0.221 e. The summed E-state index contributed by atoms with van der Waals surface area (Å²) in [5.74, 6) is 0.628. The van der Waals surface area contributed by atoms with E-state index in [1.165, 1.54) is 0 Å². The van der Waals surface area contributed by atoms with E-state index in [-0.39, 0.29) is 18.1 Å². The molecule has 0 aromatic rings. The Kier molecular flexibility index (Phi) is 5.88. The largest absolute Gasteiger partial charge is 0.380 e. The third kappa shape index (κ3) is 3.94. The van der Waals surface area contributed by atoms with Crippen LogP contribution in [0, 0.1) is 5.92 Å². The zero-order valence-electron chi connectivity index (χ0n) is 11.1. The molecule has 1 aliphatic heterocycles. The molecule has 1 aliphatic rings. The molecule has 3 unspecified atom stereocenters. The van der Waals surface area contributed by atoms with E-state index in [0.29, 0.717) is 18.9 Å². The maximum absolute atomic E-state index is 11.4. The third-order valence-corrected chi connectivity index (χ3v) is 3.71. The molecule has 0 aromatic carbocycles. The molecule has 0 spiro atoms. The molecule has 1 rings (SSSR count). The molecular weight excluding hydrogens is 218 g/mol. The summed E-state index contributed by atoms with van der Waals surface area (Å²) in [4.78, 5) is 13.7. The highest BCUT2D eigenvalue weighted by molar-refractivity contribution is 5.76. The molecule has 1 saturated heterocycles. The maximum Gasteiger partial charge on any atom is 0.221 e. The summed E-state index contributed by atoms with van der Waals surface area (Å²) in [7, 11) is 3.41. The van der Waals surface area contributed by atoms with Crippen molar-refractivity contribution in [1.82, 2.24) is 10.2 Å². The lowest BCUT2D eigenvalue weighted by Crippen LogP contribution is -2.52. The summed E-state index contributed by atoms with van der Waals surface area (Å²) in [6.07, 6.45) is 1.82. The normalized spacial score (nSPS) is 27.8. The number of methoxy groups -OCH3 is 1. The Morgan fingerprint density at radius 1 is 1.65 bits per heavy atom. The third-order valence-electron chi connectivity index (χ3n) is 3.71. The highest BCUT2D eigenvalue weighted by Crippen LogP contribution is 2.21. The van der Waals surface area contributed by atoms with Crippen molar-refractivity contribution in [3.8, 4) is 0 Å². The van der Waals surface area contributed by atoms with Gasteiger partial charge < -0.3 is 15.8 Å². The molecule has 5 nitrogen and oxygen atoms in total. The van der Waals surface area contributed by atoms with Crippen LogP contribution in [0.15, 0.2) is 0 Å². The van der Waals surface area contributed by atoms with Gasteiger partial charge in [0.2, 0.25) is 5.91 Å². The zero-order valence-corrected chi connectivity index (χ0v) is 11.1. The van der Waals surface area contributed by atoms with Gasteiger partial charge in [-0.1, -0.05) is 6.92 Å². The molecule has 1 amide bonds. The van der Waals surface area contributed by atoms with Crippen molar-refractivity contribution >= 4 is 5.91 Å². The highest BCUT2D eigenvalue weighted by atomic mass is 16.5. The Morgan fingerprint density at radius 2 is 2.35 bits per heavy atom. The second-order valence-electron chi connectivity index (χ2n) is 4.80. The molecule has 100 valence electrons. The topological polar surface area (TPSA) is 67.6 Å². The van der Waals surface area contributed by atoms with Gasteiger partial charge in [-0.05, 0) is 18.9 Å². The van der Waals surface area contributed by atoms with Crippen molar-refractivity contribution in [1.29, 1.82) is 0 Å². The first-order chi connectivity index (χ1) is 8.12. The van der Waals surface area contributed by atoms with Crippen molar-refractivity contribution < 1.29 is 9.53 Å². The fourth-order valence-corrected chi connectivity index (χ4v) is 2.37. The fourth-order valence-electron chi connectivity index (χ4n) is 2.37. The number of rotatable bonds is 5. The van der Waals surface area contributed by atoms with Crippen LogP contribution in [0.25, 0.3) is 0 Å². The van der Waals surface area contributed by atoms with Gasteiger partial charge in [-0.2, -0.15) is 0 Å². The van der Waals surface area contributed by atoms with Crippen LogP contribution in [0.1, 0.15) is 19.8 Å². The van der Waals surface area contributed by atoms with Crippen LogP contribution in [-0.2, 0) is 9.53 Å². The van der Waals surface area contributed by atoms with Crippen LogP contribution in [0.5, 0.6) is 0 Å². The second-order valence-corrected chi connectivity index (χ2v) is 4.80. The monoisotopic (exact) mass is 243 g/mol. The van der Waals surface area contributed by atoms with Gasteiger partial charge in [0.05, 0.1) is 6.10 Å². The van der Waals surface area contributed by atoms with Crippen molar-refractivity contribution in [2.45, 2.75) is 31.9 Å². The first-order valence-corrected chi connectivity index (χ1v) is 6.29. The average Bonchev–Trinajstić information content (AvgIpc) is 2.36. The van der Waals surface area contributed by atoms with Gasteiger partial charge in [-0.25, -0.2) is 0 Å². The molecule has 5 heteroatoms. The molecule has 1 heterocycles. The van der Waals surface area contributed by atoms with Crippen molar-refractivity contribution in [2.24, 2.45) is 11.7 Å². The second kappa shape index (κ2) is 6.93. The Balaban J connectivity index is 2.54. The maximum atomic E-state index is 11.4. The van der Waals surface area contributed by atoms with E-state index in [4.69, 9.17) is 10.5 Å². The van der Waals surface area contributed by atoms with Crippen molar-refractivity contribution in [3.63, 3.8) is 0 Å². The van der Waals surface area contributed by atoms with Crippen molar-refractivity contribution in [2.75, 3.05) is 33.8 Å². The number of hydrogen-bond acceptors (Lipinski definition) is 4. The summed E-state index contributed by atoms with van der Waals surface area (Å²) < 4.78 is 5.48. The number of carbonyl (C=O) groups excluding carboxylic acids is 1.